The SMILES string of the molecule is C[C@H]1CN(c2ccc(C3CCC(=O)NC3=O)c(F)c2)CCN1CC12CCC(NS(=O)(=O)c3ccc(Nc4ncc(C(F)(F)F)c(N5CCC[C@](C)(O)C5)n4)c(F)c3)(CC1)CO2. The van der Waals surface area contributed by atoms with E-state index in [2.05, 4.69) is 42.0 Å². The molecule has 4 N–H and O–H groups in total. The van der Waals surface area contributed by atoms with Crippen LogP contribution in [0.5, 0.6) is 0 Å². The monoisotopic (exact) mass is 876 g/mol. The molecule has 3 aromatic rings. The van der Waals surface area contributed by atoms with Crippen LogP contribution in [-0.2, 0) is 30.5 Å². The lowest BCUT2D eigenvalue weighted by Crippen LogP contribution is -2.66. The van der Waals surface area contributed by atoms with E-state index in [0.29, 0.717) is 76.6 Å². The maximum absolute atomic E-state index is 15.5. The number of halogens is 5. The lowest BCUT2D eigenvalue weighted by Gasteiger charge is -2.55. The topological polar surface area (TPSA) is 169 Å². The molecule has 2 amide bonds. The van der Waals surface area contributed by atoms with Crippen LogP contribution in [0, 0.1) is 11.6 Å². The Balaban J connectivity index is 0.869. The van der Waals surface area contributed by atoms with E-state index < -0.39 is 67.8 Å². The standard InChI is InChI=1S/C41H49F5N8O6S/c1-25-21-52(26-4-6-28(31(42)18-26)29-7-9-34(55)49-36(29)56)16-17-53(25)23-40-13-11-39(12-14-40,24-60-40)51-61(58,59)27-5-8-33(32(43)19-27)48-37-47-20-30(41(44,45)46)35(50-37)54-15-3-10-38(2,57)22-54/h4-6,8,18-20,25,29,51,57H,3,7,9-17,21-24H2,1-2H3,(H,47,48,50)(H,49,55,56)/t25-,29?,38-,39?,40?/m0/s1. The first-order chi connectivity index (χ1) is 28.7. The van der Waals surface area contributed by atoms with E-state index in [1.807, 2.05) is 6.07 Å². The summed E-state index contributed by atoms with van der Waals surface area (Å²) in [7, 11) is -4.24. The number of carbonyl (C=O) groups excluding carboxylic acids is 2. The number of hydrogen-bond donors (Lipinski definition) is 4. The highest BCUT2D eigenvalue weighted by Gasteiger charge is 2.52. The minimum Gasteiger partial charge on any atom is -0.388 e. The van der Waals surface area contributed by atoms with Gasteiger partial charge in [-0.05, 0) is 89.1 Å². The number of alkyl halides is 3. The first kappa shape index (κ1) is 43.2. The van der Waals surface area contributed by atoms with Gasteiger partial charge in [-0.3, -0.25) is 19.8 Å². The van der Waals surface area contributed by atoms with Gasteiger partial charge in [-0.25, -0.2) is 26.9 Å². The molecule has 2 aromatic carbocycles. The number of aliphatic hydroxyl groups is 1. The van der Waals surface area contributed by atoms with E-state index >= 15 is 8.78 Å². The lowest BCUT2D eigenvalue weighted by molar-refractivity contribution is -0.169. The summed E-state index contributed by atoms with van der Waals surface area (Å²) < 4.78 is 109. The number of rotatable bonds is 10. The third kappa shape index (κ3) is 9.05. The van der Waals surface area contributed by atoms with Crippen LogP contribution >= 0.6 is 0 Å². The highest BCUT2D eigenvalue weighted by Crippen LogP contribution is 2.45. The van der Waals surface area contributed by atoms with Crippen LogP contribution < -0.4 is 25.2 Å². The number of piperazine rings is 1. The van der Waals surface area contributed by atoms with E-state index in [9.17, 15) is 36.3 Å². The van der Waals surface area contributed by atoms with E-state index in [0.717, 1.165) is 12.1 Å². The summed E-state index contributed by atoms with van der Waals surface area (Å²) in [4.78, 5) is 37.1. The second-order valence-corrected chi connectivity index (χ2v) is 19.2. The van der Waals surface area contributed by atoms with Gasteiger partial charge in [0.05, 0.1) is 39.8 Å². The number of sulfonamides is 1. The molecule has 6 aliphatic rings. The zero-order chi connectivity index (χ0) is 43.5. The van der Waals surface area contributed by atoms with Gasteiger partial charge in [0.2, 0.25) is 27.8 Å². The summed E-state index contributed by atoms with van der Waals surface area (Å²) >= 11 is 0. The van der Waals surface area contributed by atoms with Gasteiger partial charge in [0.1, 0.15) is 23.0 Å². The molecule has 14 nitrogen and oxygen atoms in total. The number of ether oxygens (including phenoxy) is 1. The van der Waals surface area contributed by atoms with Gasteiger partial charge in [-0.15, -0.1) is 0 Å². The van der Waals surface area contributed by atoms with Gasteiger partial charge in [-0.1, -0.05) is 6.07 Å². The highest BCUT2D eigenvalue weighted by atomic mass is 32.2. The Labute approximate surface area is 350 Å². The first-order valence-electron chi connectivity index (χ1n) is 20.5. The normalized spacial score (nSPS) is 28.9. The van der Waals surface area contributed by atoms with Crippen molar-refractivity contribution in [3.63, 3.8) is 0 Å². The van der Waals surface area contributed by atoms with Crippen LogP contribution in [0.3, 0.4) is 0 Å². The molecule has 1 unspecified atom stereocenters. The fraction of sp³-hybridized carbons (Fsp3) is 0.561. The van der Waals surface area contributed by atoms with Crippen LogP contribution in [0.4, 0.5) is 45.1 Å². The molecular formula is C41H49F5N8O6S. The Morgan fingerprint density at radius 1 is 1.00 bits per heavy atom. The summed E-state index contributed by atoms with van der Waals surface area (Å²) in [5.41, 5.74) is -2.98. The number of fused-ring (bicyclic) bond motifs is 3. The second kappa shape index (κ2) is 16.0. The molecule has 1 saturated carbocycles. The third-order valence-corrected chi connectivity index (χ3v) is 14.5. The molecular weight excluding hydrogens is 828 g/mol. The first-order valence-corrected chi connectivity index (χ1v) is 22.0. The fourth-order valence-electron chi connectivity index (χ4n) is 9.42. The molecule has 330 valence electrons. The number of carbonyl (C=O) groups is 2. The third-order valence-electron chi connectivity index (χ3n) is 12.9. The predicted octanol–water partition coefficient (Wildman–Crippen LogP) is 4.96. The van der Waals surface area contributed by atoms with Gasteiger partial charge in [0.25, 0.3) is 0 Å². The molecule has 6 fully saturated rings. The number of β-amino-alcohol motifs (C(OH)–C–C–N with tert-alkyl or cyclic N) is 1. The second-order valence-electron chi connectivity index (χ2n) is 17.5. The number of piperidine rings is 2. The minimum atomic E-state index is -4.79. The molecule has 5 saturated heterocycles. The van der Waals surface area contributed by atoms with E-state index in [1.165, 1.54) is 24.0 Å². The van der Waals surface area contributed by atoms with Crippen molar-refractivity contribution in [3.05, 3.63) is 65.4 Å². The van der Waals surface area contributed by atoms with Crippen molar-refractivity contribution in [2.45, 2.75) is 105 Å². The van der Waals surface area contributed by atoms with Crippen LogP contribution in [-0.4, -0.2) is 109 Å². The number of nitrogens with zero attached hydrogens (tertiary/aromatic N) is 5. The molecule has 0 spiro atoms. The Kier molecular flexibility index (Phi) is 11.3. The van der Waals surface area contributed by atoms with Crippen LogP contribution in [0.25, 0.3) is 0 Å². The van der Waals surface area contributed by atoms with E-state index in [4.69, 9.17) is 4.74 Å². The van der Waals surface area contributed by atoms with Crippen LogP contribution in [0.2, 0.25) is 0 Å². The Hall–Kier alpha value is -4.50. The molecule has 9 rings (SSSR count). The minimum absolute atomic E-state index is 0.0872. The average Bonchev–Trinajstić information content (AvgIpc) is 3.19. The molecule has 1 aromatic heterocycles. The van der Waals surface area contributed by atoms with Gasteiger partial charge >= 0.3 is 6.18 Å². The largest absolute Gasteiger partial charge is 0.421 e. The average molecular weight is 877 g/mol. The number of anilines is 4. The molecule has 0 radical (unpaired) electrons. The number of nitrogens with one attached hydrogen (secondary N) is 3. The highest BCUT2D eigenvalue weighted by molar-refractivity contribution is 7.89. The maximum Gasteiger partial charge on any atom is 0.421 e. The van der Waals surface area contributed by atoms with E-state index in [1.54, 1.807) is 6.07 Å². The van der Waals surface area contributed by atoms with Crippen molar-refractivity contribution in [1.82, 2.24) is 24.9 Å². The summed E-state index contributed by atoms with van der Waals surface area (Å²) in [5, 5.41) is 15.4. The Morgan fingerprint density at radius 2 is 1.77 bits per heavy atom. The number of imide groups is 1. The van der Waals surface area contributed by atoms with Crippen LogP contribution in [0.15, 0.2) is 47.5 Å². The Bertz CT molecular complexity index is 2290. The fourth-order valence-corrected chi connectivity index (χ4v) is 10.9. The molecule has 1 aliphatic carbocycles. The summed E-state index contributed by atoms with van der Waals surface area (Å²) in [6.07, 6.45) is -0.725. The van der Waals surface area contributed by atoms with Crippen LogP contribution in [0.1, 0.15) is 82.3 Å². The van der Waals surface area contributed by atoms with Gasteiger partial charge in [0.15, 0.2) is 0 Å². The van der Waals surface area contributed by atoms with Crippen molar-refractivity contribution in [2.75, 3.05) is 61.0 Å². The van der Waals surface area contributed by atoms with Gasteiger partial charge in [-0.2, -0.15) is 18.2 Å². The zero-order valence-corrected chi connectivity index (χ0v) is 34.6. The summed E-state index contributed by atoms with van der Waals surface area (Å²) in [5.74, 6) is -3.81. The summed E-state index contributed by atoms with van der Waals surface area (Å²) in [6.45, 7) is 6.45. The smallest absolute Gasteiger partial charge is 0.388 e. The lowest BCUT2D eigenvalue weighted by atomic mass is 9.71. The van der Waals surface area contributed by atoms with Crippen molar-refractivity contribution in [1.29, 1.82) is 0 Å². The number of benzene rings is 2. The molecule has 6 heterocycles. The molecule has 61 heavy (non-hydrogen) atoms. The Morgan fingerprint density at radius 3 is 2.41 bits per heavy atom. The predicted molar refractivity (Wildman–Crippen MR) is 214 cm³/mol. The van der Waals surface area contributed by atoms with Crippen molar-refractivity contribution >= 4 is 45.0 Å². The summed E-state index contributed by atoms with van der Waals surface area (Å²) in [6, 6.07) is 8.15. The number of aromatic nitrogens is 2. The van der Waals surface area contributed by atoms with Crippen molar-refractivity contribution in [3.8, 4) is 0 Å². The zero-order valence-electron chi connectivity index (χ0n) is 33.8. The number of amides is 2. The quantitative estimate of drug-likeness (QED) is 0.160. The molecule has 5 aliphatic heterocycles. The van der Waals surface area contributed by atoms with E-state index in [-0.39, 0.29) is 66.6 Å². The molecule has 20 heteroatoms. The number of hydrogen-bond acceptors (Lipinski definition) is 12. The van der Waals surface area contributed by atoms with Gasteiger partial charge < -0.3 is 25.0 Å². The van der Waals surface area contributed by atoms with Crippen molar-refractivity contribution in [2.24, 2.45) is 0 Å². The maximum atomic E-state index is 15.5. The molecule has 2 bridgehead atoms. The van der Waals surface area contributed by atoms with Crippen molar-refractivity contribution < 1.29 is 49.8 Å². The molecule has 3 atom stereocenters. The van der Waals surface area contributed by atoms with Gasteiger partial charge in [0, 0.05) is 69.2 Å².